The van der Waals surface area contributed by atoms with Gasteiger partial charge in [-0.25, -0.2) is 4.79 Å². The molecule has 1 saturated heterocycles. The zero-order chi connectivity index (χ0) is 18.5. The first-order valence-electron chi connectivity index (χ1n) is 8.05. The molecule has 9 nitrogen and oxygen atoms in total. The zero-order valence-electron chi connectivity index (χ0n) is 14.1. The Labute approximate surface area is 154 Å². The van der Waals surface area contributed by atoms with E-state index < -0.39 is 24.3 Å². The molecule has 1 aromatic carbocycles. The standard InChI is InChI=1S/C16H20N4O5S/c1-24-11-5-3-2-4-9(11)7-17-15(23)18-16-20-19-14(26-16)12-6-10(22)13(8-21)25-12/h2-5,10,12-13,21-22H,6-8H2,1H3,(H2,17,18,20,23)/t10-,12+,13+/m0/s1. The number of ether oxygens (including phenoxy) is 2. The van der Waals surface area contributed by atoms with Crippen LogP contribution in [0.3, 0.4) is 0 Å². The highest BCUT2D eigenvalue weighted by molar-refractivity contribution is 7.15. The van der Waals surface area contributed by atoms with Gasteiger partial charge in [0.2, 0.25) is 5.13 Å². The predicted octanol–water partition coefficient (Wildman–Crippen LogP) is 1.05. The predicted molar refractivity (Wildman–Crippen MR) is 94.1 cm³/mol. The third-order valence-corrected chi connectivity index (χ3v) is 4.90. The summed E-state index contributed by atoms with van der Waals surface area (Å²) in [6, 6.07) is 6.99. The first kappa shape index (κ1) is 18.5. The number of nitrogens with zero attached hydrogens (tertiary/aromatic N) is 2. The topological polar surface area (TPSA) is 126 Å². The van der Waals surface area contributed by atoms with Crippen molar-refractivity contribution in [1.82, 2.24) is 15.5 Å². The number of hydrogen-bond acceptors (Lipinski definition) is 8. The molecule has 26 heavy (non-hydrogen) atoms. The van der Waals surface area contributed by atoms with Gasteiger partial charge in [-0.2, -0.15) is 0 Å². The van der Waals surface area contributed by atoms with Crippen molar-refractivity contribution < 1.29 is 24.5 Å². The van der Waals surface area contributed by atoms with Crippen molar-refractivity contribution in [2.24, 2.45) is 0 Å². The summed E-state index contributed by atoms with van der Waals surface area (Å²) >= 11 is 1.17. The van der Waals surface area contributed by atoms with Crippen molar-refractivity contribution in [3.05, 3.63) is 34.8 Å². The quantitative estimate of drug-likeness (QED) is 0.590. The first-order chi connectivity index (χ1) is 12.6. The van der Waals surface area contributed by atoms with E-state index in [1.807, 2.05) is 24.3 Å². The summed E-state index contributed by atoms with van der Waals surface area (Å²) in [4.78, 5) is 12.0. The molecular weight excluding hydrogens is 360 g/mol. The summed E-state index contributed by atoms with van der Waals surface area (Å²) in [5, 5.41) is 33.0. The van der Waals surface area contributed by atoms with Crippen molar-refractivity contribution in [2.45, 2.75) is 31.3 Å². The number of urea groups is 1. The van der Waals surface area contributed by atoms with Gasteiger partial charge >= 0.3 is 6.03 Å². The molecule has 0 saturated carbocycles. The van der Waals surface area contributed by atoms with Crippen LogP contribution in [0.25, 0.3) is 0 Å². The van der Waals surface area contributed by atoms with Crippen molar-refractivity contribution in [1.29, 1.82) is 0 Å². The molecule has 140 valence electrons. The van der Waals surface area contributed by atoms with Crippen LogP contribution in [0.1, 0.15) is 23.1 Å². The Kier molecular flexibility index (Phi) is 5.99. The number of benzene rings is 1. The van der Waals surface area contributed by atoms with E-state index >= 15 is 0 Å². The Morgan fingerprint density at radius 2 is 2.23 bits per heavy atom. The van der Waals surface area contributed by atoms with Crippen LogP contribution in [0.2, 0.25) is 0 Å². The number of aromatic nitrogens is 2. The van der Waals surface area contributed by atoms with Gasteiger partial charge in [-0.1, -0.05) is 29.5 Å². The fourth-order valence-corrected chi connectivity index (χ4v) is 3.42. The second kappa shape index (κ2) is 8.41. The molecule has 1 aliphatic heterocycles. The number of anilines is 1. The van der Waals surface area contributed by atoms with Crippen LogP contribution >= 0.6 is 11.3 Å². The normalized spacial score (nSPS) is 22.2. The molecule has 0 radical (unpaired) electrons. The molecule has 3 atom stereocenters. The number of carbonyl (C=O) groups is 1. The van der Waals surface area contributed by atoms with Gasteiger partial charge in [0.05, 0.1) is 19.8 Å². The van der Waals surface area contributed by atoms with Gasteiger partial charge in [-0.15, -0.1) is 10.2 Å². The van der Waals surface area contributed by atoms with Crippen LogP contribution in [0.5, 0.6) is 5.75 Å². The summed E-state index contributed by atoms with van der Waals surface area (Å²) in [6.45, 7) is 0.0462. The Balaban J connectivity index is 1.53. The van der Waals surface area contributed by atoms with Gasteiger partial charge in [-0.05, 0) is 6.07 Å². The zero-order valence-corrected chi connectivity index (χ0v) is 14.9. The van der Waals surface area contributed by atoms with E-state index in [1.54, 1.807) is 7.11 Å². The number of rotatable bonds is 6. The summed E-state index contributed by atoms with van der Waals surface area (Å²) < 4.78 is 10.8. The molecule has 0 bridgehead atoms. The van der Waals surface area contributed by atoms with E-state index in [4.69, 9.17) is 14.6 Å². The molecule has 4 N–H and O–H groups in total. The molecular formula is C16H20N4O5S. The average Bonchev–Trinajstić information content (AvgIpc) is 3.26. The minimum absolute atomic E-state index is 0.257. The maximum absolute atomic E-state index is 12.0. The molecule has 2 aromatic rings. The number of carbonyl (C=O) groups excluding carboxylic acids is 1. The second-order valence-electron chi connectivity index (χ2n) is 5.71. The van der Waals surface area contributed by atoms with Gasteiger partial charge in [0.15, 0.2) is 0 Å². The van der Waals surface area contributed by atoms with Crippen molar-refractivity contribution in [2.75, 3.05) is 19.0 Å². The molecule has 3 rings (SSSR count). The van der Waals surface area contributed by atoms with E-state index in [0.29, 0.717) is 28.9 Å². The van der Waals surface area contributed by atoms with Crippen molar-refractivity contribution in [3.8, 4) is 5.75 Å². The van der Waals surface area contributed by atoms with Gasteiger partial charge in [0, 0.05) is 18.5 Å². The lowest BCUT2D eigenvalue weighted by Gasteiger charge is -2.09. The molecule has 10 heteroatoms. The largest absolute Gasteiger partial charge is 0.496 e. The minimum atomic E-state index is -0.741. The van der Waals surface area contributed by atoms with E-state index in [1.165, 1.54) is 11.3 Å². The van der Waals surface area contributed by atoms with Gasteiger partial charge < -0.3 is 25.0 Å². The molecule has 1 fully saturated rings. The molecule has 2 amide bonds. The fourth-order valence-electron chi connectivity index (χ4n) is 2.63. The summed E-state index contributed by atoms with van der Waals surface area (Å²) in [7, 11) is 1.57. The number of methoxy groups -OCH3 is 1. The highest BCUT2D eigenvalue weighted by Crippen LogP contribution is 2.35. The van der Waals surface area contributed by atoms with Gasteiger partial charge in [-0.3, -0.25) is 5.32 Å². The van der Waals surface area contributed by atoms with E-state index in [2.05, 4.69) is 20.8 Å². The Morgan fingerprint density at radius 1 is 1.42 bits per heavy atom. The Hall–Kier alpha value is -2.27. The molecule has 1 aromatic heterocycles. The Morgan fingerprint density at radius 3 is 2.96 bits per heavy atom. The summed E-state index contributed by atoms with van der Waals surface area (Å²) in [5.74, 6) is 0.696. The van der Waals surface area contributed by atoms with Crippen molar-refractivity contribution in [3.63, 3.8) is 0 Å². The lowest BCUT2D eigenvalue weighted by atomic mass is 10.1. The van der Waals surface area contributed by atoms with Gasteiger partial charge in [0.1, 0.15) is 23.0 Å². The maximum Gasteiger partial charge on any atom is 0.321 e. The smallest absolute Gasteiger partial charge is 0.321 e. The van der Waals surface area contributed by atoms with Crippen molar-refractivity contribution >= 4 is 22.5 Å². The highest BCUT2D eigenvalue weighted by atomic mass is 32.1. The van der Waals surface area contributed by atoms with Crippen LogP contribution < -0.4 is 15.4 Å². The number of para-hydroxylation sites is 1. The number of aliphatic hydroxyl groups excluding tert-OH is 2. The number of nitrogens with one attached hydrogen (secondary N) is 2. The number of aliphatic hydroxyl groups is 2. The number of hydrogen-bond donors (Lipinski definition) is 4. The number of amides is 2. The molecule has 0 spiro atoms. The lowest BCUT2D eigenvalue weighted by molar-refractivity contribution is -0.0227. The summed E-state index contributed by atoms with van der Waals surface area (Å²) in [6.07, 6.45) is -1.47. The minimum Gasteiger partial charge on any atom is -0.496 e. The monoisotopic (exact) mass is 380 g/mol. The highest BCUT2D eigenvalue weighted by Gasteiger charge is 2.36. The van der Waals surface area contributed by atoms with E-state index in [0.717, 1.165) is 5.56 Å². The third-order valence-electron chi connectivity index (χ3n) is 3.97. The first-order valence-corrected chi connectivity index (χ1v) is 8.87. The van der Waals surface area contributed by atoms with Crippen LogP contribution in [0.4, 0.5) is 9.93 Å². The fraction of sp³-hybridized carbons (Fsp3) is 0.438. The molecule has 2 heterocycles. The molecule has 1 aliphatic rings. The molecule has 0 unspecified atom stereocenters. The van der Waals surface area contributed by atoms with E-state index in [-0.39, 0.29) is 6.61 Å². The van der Waals surface area contributed by atoms with Crippen LogP contribution in [-0.2, 0) is 11.3 Å². The second-order valence-corrected chi connectivity index (χ2v) is 6.72. The van der Waals surface area contributed by atoms with Crippen LogP contribution in [-0.4, -0.2) is 52.4 Å². The Bertz CT molecular complexity index is 756. The van der Waals surface area contributed by atoms with Crippen LogP contribution in [0, 0.1) is 0 Å². The third kappa shape index (κ3) is 4.28. The molecule has 0 aliphatic carbocycles. The lowest BCUT2D eigenvalue weighted by Crippen LogP contribution is -2.28. The van der Waals surface area contributed by atoms with Gasteiger partial charge in [0.25, 0.3) is 0 Å². The van der Waals surface area contributed by atoms with E-state index in [9.17, 15) is 9.90 Å². The van der Waals surface area contributed by atoms with Crippen LogP contribution in [0.15, 0.2) is 24.3 Å². The average molecular weight is 380 g/mol. The maximum atomic E-state index is 12.0. The summed E-state index contributed by atoms with van der Waals surface area (Å²) in [5.41, 5.74) is 0.853. The SMILES string of the molecule is COc1ccccc1CNC(=O)Nc1nnc([C@H]2C[C@H](O)[C@@H](CO)O2)s1.